The number of anilines is 1. The molecule has 0 radical (unpaired) electrons. The van der Waals surface area contributed by atoms with Crippen molar-refractivity contribution in [1.82, 2.24) is 9.21 Å². The van der Waals surface area contributed by atoms with Crippen LogP contribution >= 0.6 is 0 Å². The third-order valence-electron chi connectivity index (χ3n) is 7.51. The summed E-state index contributed by atoms with van der Waals surface area (Å²) < 4.78 is 74.0. The second kappa shape index (κ2) is 13.4. The Hall–Kier alpha value is -3.85. The first-order valence-electron chi connectivity index (χ1n) is 13.8. The zero-order chi connectivity index (χ0) is 32.2. The highest BCUT2D eigenvalue weighted by molar-refractivity contribution is 7.92. The summed E-state index contributed by atoms with van der Waals surface area (Å²) in [5, 5.41) is 9.93. The lowest BCUT2D eigenvalue weighted by Crippen LogP contribution is -2.50. The molecule has 0 aliphatic carbocycles. The number of fused-ring (bicyclic) bond motifs is 1. The van der Waals surface area contributed by atoms with E-state index >= 15 is 0 Å². The highest BCUT2D eigenvalue weighted by atomic mass is 32.2. The Labute approximate surface area is 258 Å². The number of carbonyl (C=O) groups is 1. The molecule has 1 aliphatic heterocycles. The number of aliphatic hydroxyl groups excluding tert-OH is 1. The Morgan fingerprint density at radius 1 is 0.977 bits per heavy atom. The van der Waals surface area contributed by atoms with E-state index in [2.05, 4.69) is 4.72 Å². The maximum Gasteiger partial charge on any atom is 0.262 e. The van der Waals surface area contributed by atoms with Gasteiger partial charge in [0.1, 0.15) is 17.6 Å². The van der Waals surface area contributed by atoms with Crippen LogP contribution in [0.15, 0.2) is 76.5 Å². The quantitative estimate of drug-likeness (QED) is 0.320. The molecule has 1 aliphatic rings. The molecule has 3 aromatic rings. The normalized spacial score (nSPS) is 18.1. The van der Waals surface area contributed by atoms with Gasteiger partial charge in [0.2, 0.25) is 10.0 Å². The highest BCUT2D eigenvalue weighted by Crippen LogP contribution is 2.36. The van der Waals surface area contributed by atoms with Crippen LogP contribution in [-0.2, 0) is 20.0 Å². The topological polar surface area (TPSA) is 152 Å². The molecule has 238 valence electrons. The zero-order valence-corrected chi connectivity index (χ0v) is 26.8. The molecular formula is C30H37N3O9S2. The number of nitrogens with zero attached hydrogens (tertiary/aromatic N) is 2. The molecule has 2 N–H and O–H groups in total. The number of methoxy groups -OCH3 is 2. The molecule has 0 spiro atoms. The van der Waals surface area contributed by atoms with Crippen LogP contribution < -0.4 is 18.9 Å². The van der Waals surface area contributed by atoms with Crippen molar-refractivity contribution in [2.45, 2.75) is 35.8 Å². The van der Waals surface area contributed by atoms with Gasteiger partial charge in [-0.2, -0.15) is 4.31 Å². The lowest BCUT2D eigenvalue weighted by Gasteiger charge is -2.38. The summed E-state index contributed by atoms with van der Waals surface area (Å²) in [4.78, 5) is 15.2. The van der Waals surface area contributed by atoms with Crippen LogP contribution in [0.2, 0.25) is 0 Å². The number of hydrogen-bond donors (Lipinski definition) is 2. The van der Waals surface area contributed by atoms with Gasteiger partial charge in [0.05, 0.1) is 54.5 Å². The fourth-order valence-electron chi connectivity index (χ4n) is 4.78. The minimum Gasteiger partial charge on any atom is -0.497 e. The first-order valence-corrected chi connectivity index (χ1v) is 16.7. The molecule has 0 aromatic heterocycles. The van der Waals surface area contributed by atoms with Crippen molar-refractivity contribution in [1.29, 1.82) is 0 Å². The van der Waals surface area contributed by atoms with Crippen LogP contribution in [0, 0.1) is 5.92 Å². The van der Waals surface area contributed by atoms with Crippen molar-refractivity contribution in [3.63, 3.8) is 0 Å². The van der Waals surface area contributed by atoms with Crippen molar-refractivity contribution < 1.29 is 40.9 Å². The molecule has 3 aromatic carbocycles. The van der Waals surface area contributed by atoms with Crippen LogP contribution in [0.3, 0.4) is 0 Å². The number of amides is 1. The van der Waals surface area contributed by atoms with Crippen molar-refractivity contribution >= 4 is 31.6 Å². The summed E-state index contributed by atoms with van der Waals surface area (Å²) in [6, 6.07) is 15.7. The molecule has 12 nitrogen and oxygen atoms in total. The smallest absolute Gasteiger partial charge is 0.262 e. The largest absolute Gasteiger partial charge is 0.497 e. The number of carbonyl (C=O) groups excluding carboxylic acids is 1. The first-order chi connectivity index (χ1) is 20.8. The Morgan fingerprint density at radius 3 is 2.09 bits per heavy atom. The van der Waals surface area contributed by atoms with Crippen LogP contribution in [-0.4, -0.2) is 90.2 Å². The van der Waals surface area contributed by atoms with E-state index in [1.807, 2.05) is 0 Å². The lowest BCUT2D eigenvalue weighted by atomic mass is 9.99. The zero-order valence-electron chi connectivity index (χ0n) is 25.1. The monoisotopic (exact) mass is 647 g/mol. The molecule has 0 saturated carbocycles. The van der Waals surface area contributed by atoms with Gasteiger partial charge in [-0.25, -0.2) is 16.8 Å². The van der Waals surface area contributed by atoms with Gasteiger partial charge in [0, 0.05) is 19.5 Å². The van der Waals surface area contributed by atoms with Gasteiger partial charge < -0.3 is 24.2 Å². The summed E-state index contributed by atoms with van der Waals surface area (Å²) in [6.45, 7) is 3.22. The minimum atomic E-state index is -4.13. The van der Waals surface area contributed by atoms with Gasteiger partial charge in [-0.3, -0.25) is 9.52 Å². The van der Waals surface area contributed by atoms with Crippen molar-refractivity contribution in [2.24, 2.45) is 5.92 Å². The van der Waals surface area contributed by atoms with E-state index < -0.39 is 44.0 Å². The first kappa shape index (κ1) is 33.1. The van der Waals surface area contributed by atoms with Gasteiger partial charge in [-0.05, 0) is 67.6 Å². The standard InChI is InChI=1S/C30H37N3O9S2/c1-20-17-33(21(2)19-34)30(35)26-7-6-8-27(31-43(36,37)24-13-9-22(40-4)10-14-24)29(26)42-28(20)18-32(3)44(38,39)25-15-11-23(41-5)12-16-25/h6-16,20-21,28,31,34H,17-19H2,1-5H3/t20-,21-,28-/m0/s1. The van der Waals surface area contributed by atoms with Crippen LogP contribution in [0.1, 0.15) is 24.2 Å². The SMILES string of the molecule is COc1ccc(S(=O)(=O)Nc2cccc3c2O[C@@H](CN(C)S(=O)(=O)c2ccc(OC)cc2)[C@@H](C)CN([C@@H](C)CO)C3=O)cc1. The van der Waals surface area contributed by atoms with Gasteiger partial charge >= 0.3 is 0 Å². The maximum absolute atomic E-state index is 13.7. The number of likely N-dealkylation sites (N-methyl/N-ethyl adjacent to an activating group) is 1. The average Bonchev–Trinajstić information content (AvgIpc) is 3.02. The number of hydrogen-bond acceptors (Lipinski definition) is 9. The number of aliphatic hydroxyl groups is 1. The average molecular weight is 648 g/mol. The Kier molecular flexibility index (Phi) is 10.1. The van der Waals surface area contributed by atoms with Gasteiger partial charge in [-0.1, -0.05) is 13.0 Å². The number of rotatable bonds is 11. The number of benzene rings is 3. The number of nitrogens with one attached hydrogen (secondary N) is 1. The molecule has 0 bridgehead atoms. The predicted molar refractivity (Wildman–Crippen MR) is 164 cm³/mol. The lowest BCUT2D eigenvalue weighted by molar-refractivity contribution is 0.0389. The van der Waals surface area contributed by atoms with E-state index in [0.29, 0.717) is 11.5 Å². The van der Waals surface area contributed by atoms with Crippen LogP contribution in [0.4, 0.5) is 5.69 Å². The van der Waals surface area contributed by atoms with Crippen LogP contribution in [0.25, 0.3) is 0 Å². The molecule has 0 fully saturated rings. The van der Waals surface area contributed by atoms with E-state index in [-0.39, 0.29) is 46.5 Å². The van der Waals surface area contributed by atoms with Gasteiger partial charge in [0.25, 0.3) is 15.9 Å². The van der Waals surface area contributed by atoms with E-state index in [1.165, 1.54) is 80.8 Å². The molecular weight excluding hydrogens is 610 g/mol. The fourth-order valence-corrected chi connectivity index (χ4v) is 7.02. The predicted octanol–water partition coefficient (Wildman–Crippen LogP) is 3.05. The summed E-state index contributed by atoms with van der Waals surface area (Å²) >= 11 is 0. The number of sulfonamides is 2. The summed E-state index contributed by atoms with van der Waals surface area (Å²) in [7, 11) is -3.71. The third kappa shape index (κ3) is 6.93. The molecule has 0 saturated heterocycles. The van der Waals surface area contributed by atoms with E-state index in [0.717, 1.165) is 4.31 Å². The number of ether oxygens (including phenoxy) is 3. The molecule has 4 rings (SSSR count). The van der Waals surface area contributed by atoms with Crippen molar-refractivity contribution in [3.05, 3.63) is 72.3 Å². The Bertz CT molecular complexity index is 1680. The third-order valence-corrected chi connectivity index (χ3v) is 10.7. The van der Waals surface area contributed by atoms with Crippen molar-refractivity contribution in [3.8, 4) is 17.2 Å². The van der Waals surface area contributed by atoms with E-state index in [1.54, 1.807) is 26.0 Å². The van der Waals surface area contributed by atoms with E-state index in [4.69, 9.17) is 14.2 Å². The molecule has 1 amide bonds. The Balaban J connectivity index is 1.74. The molecule has 3 atom stereocenters. The van der Waals surface area contributed by atoms with E-state index in [9.17, 15) is 26.7 Å². The van der Waals surface area contributed by atoms with Gasteiger partial charge in [-0.15, -0.1) is 0 Å². The molecule has 14 heteroatoms. The summed E-state index contributed by atoms with van der Waals surface area (Å²) in [6.07, 6.45) is -0.820. The van der Waals surface area contributed by atoms with Crippen molar-refractivity contribution in [2.75, 3.05) is 45.7 Å². The summed E-state index contributed by atoms with van der Waals surface area (Å²) in [5.74, 6) is 0.0489. The molecule has 0 unspecified atom stereocenters. The fraction of sp³-hybridized carbons (Fsp3) is 0.367. The van der Waals surface area contributed by atoms with Crippen LogP contribution in [0.5, 0.6) is 17.2 Å². The van der Waals surface area contributed by atoms with Gasteiger partial charge in [0.15, 0.2) is 5.75 Å². The second-order valence-corrected chi connectivity index (χ2v) is 14.3. The maximum atomic E-state index is 13.7. The summed E-state index contributed by atoms with van der Waals surface area (Å²) in [5.41, 5.74) is 0.0702. The number of para-hydroxylation sites is 1. The Morgan fingerprint density at radius 2 is 1.55 bits per heavy atom. The molecule has 44 heavy (non-hydrogen) atoms. The minimum absolute atomic E-state index is 0.00281. The molecule has 1 heterocycles. The highest BCUT2D eigenvalue weighted by Gasteiger charge is 2.36. The second-order valence-electron chi connectivity index (χ2n) is 10.5.